The highest BCUT2D eigenvalue weighted by Crippen LogP contribution is 2.28. The maximum atomic E-state index is 5.67. The highest BCUT2D eigenvalue weighted by Gasteiger charge is 2.06. The Morgan fingerprint density at radius 1 is 1.05 bits per heavy atom. The molecule has 3 rings (SSSR count). The SMILES string of the molecule is NCc1cccc(-c2csc(-c3ccncc3)n2)c1. The molecule has 0 unspecified atom stereocenters. The number of hydrogen-bond donors (Lipinski definition) is 1. The van der Waals surface area contributed by atoms with Crippen LogP contribution in [0.5, 0.6) is 0 Å². The summed E-state index contributed by atoms with van der Waals surface area (Å²) in [6, 6.07) is 12.1. The van der Waals surface area contributed by atoms with E-state index in [0.29, 0.717) is 6.54 Å². The van der Waals surface area contributed by atoms with Crippen LogP contribution in [0.3, 0.4) is 0 Å². The zero-order valence-corrected chi connectivity index (χ0v) is 11.1. The van der Waals surface area contributed by atoms with Crippen LogP contribution in [0.4, 0.5) is 0 Å². The van der Waals surface area contributed by atoms with E-state index in [4.69, 9.17) is 5.73 Å². The Hall–Kier alpha value is -2.04. The maximum absolute atomic E-state index is 5.67. The molecule has 3 aromatic rings. The normalized spacial score (nSPS) is 10.6. The van der Waals surface area contributed by atoms with Gasteiger partial charge in [-0.3, -0.25) is 4.98 Å². The maximum Gasteiger partial charge on any atom is 0.124 e. The van der Waals surface area contributed by atoms with Gasteiger partial charge in [0.1, 0.15) is 5.01 Å². The summed E-state index contributed by atoms with van der Waals surface area (Å²) in [4.78, 5) is 8.70. The van der Waals surface area contributed by atoms with Crippen LogP contribution in [-0.2, 0) is 6.54 Å². The molecule has 2 aromatic heterocycles. The molecule has 0 fully saturated rings. The summed E-state index contributed by atoms with van der Waals surface area (Å²) >= 11 is 1.64. The Morgan fingerprint density at radius 2 is 1.89 bits per heavy atom. The fourth-order valence-corrected chi connectivity index (χ4v) is 2.73. The lowest BCUT2D eigenvalue weighted by Crippen LogP contribution is -1.95. The van der Waals surface area contributed by atoms with Crippen LogP contribution in [0, 0.1) is 0 Å². The summed E-state index contributed by atoms with van der Waals surface area (Å²) in [6.07, 6.45) is 3.57. The summed E-state index contributed by atoms with van der Waals surface area (Å²) in [5.74, 6) is 0. The van der Waals surface area contributed by atoms with E-state index in [2.05, 4.69) is 27.5 Å². The van der Waals surface area contributed by atoms with Gasteiger partial charge in [-0.25, -0.2) is 4.98 Å². The van der Waals surface area contributed by atoms with Crippen molar-refractivity contribution < 1.29 is 0 Å². The molecule has 3 nitrogen and oxygen atoms in total. The predicted octanol–water partition coefficient (Wildman–Crippen LogP) is 3.33. The molecular weight excluding hydrogens is 254 g/mol. The van der Waals surface area contributed by atoms with Gasteiger partial charge in [0.2, 0.25) is 0 Å². The van der Waals surface area contributed by atoms with Crippen molar-refractivity contribution in [2.75, 3.05) is 0 Å². The number of hydrogen-bond acceptors (Lipinski definition) is 4. The molecule has 0 aliphatic carbocycles. The fourth-order valence-electron chi connectivity index (χ4n) is 1.89. The molecule has 1 aromatic carbocycles. The monoisotopic (exact) mass is 267 g/mol. The van der Waals surface area contributed by atoms with E-state index in [9.17, 15) is 0 Å². The van der Waals surface area contributed by atoms with Crippen LogP contribution >= 0.6 is 11.3 Å². The molecule has 2 heterocycles. The van der Waals surface area contributed by atoms with Gasteiger partial charge >= 0.3 is 0 Å². The predicted molar refractivity (Wildman–Crippen MR) is 78.7 cm³/mol. The molecule has 4 heteroatoms. The van der Waals surface area contributed by atoms with E-state index < -0.39 is 0 Å². The van der Waals surface area contributed by atoms with Gasteiger partial charge < -0.3 is 5.73 Å². The Balaban J connectivity index is 1.97. The number of rotatable bonds is 3. The molecule has 19 heavy (non-hydrogen) atoms. The topological polar surface area (TPSA) is 51.8 Å². The van der Waals surface area contributed by atoms with Crippen molar-refractivity contribution >= 4 is 11.3 Å². The molecule has 0 atom stereocenters. The van der Waals surface area contributed by atoms with Gasteiger partial charge in [0, 0.05) is 35.4 Å². The van der Waals surface area contributed by atoms with Crippen LogP contribution in [0.25, 0.3) is 21.8 Å². The zero-order valence-electron chi connectivity index (χ0n) is 10.3. The van der Waals surface area contributed by atoms with Crippen LogP contribution < -0.4 is 5.73 Å². The summed E-state index contributed by atoms with van der Waals surface area (Å²) in [5.41, 5.74) is 9.99. The van der Waals surface area contributed by atoms with E-state index in [1.807, 2.05) is 24.3 Å². The van der Waals surface area contributed by atoms with Gasteiger partial charge in [-0.2, -0.15) is 0 Å². The third-order valence-corrected chi connectivity index (χ3v) is 3.78. The fraction of sp³-hybridized carbons (Fsp3) is 0.0667. The molecular formula is C15H13N3S. The van der Waals surface area contributed by atoms with Crippen LogP contribution in [-0.4, -0.2) is 9.97 Å². The number of pyridine rings is 1. The summed E-state index contributed by atoms with van der Waals surface area (Å²) in [6.45, 7) is 0.551. The quantitative estimate of drug-likeness (QED) is 0.792. The minimum absolute atomic E-state index is 0.551. The average molecular weight is 267 g/mol. The molecule has 0 radical (unpaired) electrons. The van der Waals surface area contributed by atoms with Crippen molar-refractivity contribution in [3.05, 3.63) is 59.7 Å². The summed E-state index contributed by atoms with van der Waals surface area (Å²) < 4.78 is 0. The smallest absolute Gasteiger partial charge is 0.124 e. The van der Waals surface area contributed by atoms with E-state index in [1.54, 1.807) is 23.7 Å². The first-order valence-electron chi connectivity index (χ1n) is 6.02. The van der Waals surface area contributed by atoms with Gasteiger partial charge in [0.25, 0.3) is 0 Å². The Kier molecular flexibility index (Phi) is 3.35. The van der Waals surface area contributed by atoms with Gasteiger partial charge in [0.05, 0.1) is 5.69 Å². The first-order chi connectivity index (χ1) is 9.36. The minimum Gasteiger partial charge on any atom is -0.326 e. The van der Waals surface area contributed by atoms with Gasteiger partial charge in [-0.15, -0.1) is 11.3 Å². The Labute approximate surface area is 115 Å². The third-order valence-electron chi connectivity index (χ3n) is 2.89. The lowest BCUT2D eigenvalue weighted by atomic mass is 10.1. The van der Waals surface area contributed by atoms with Crippen molar-refractivity contribution in [2.24, 2.45) is 5.73 Å². The standard InChI is InChI=1S/C15H13N3S/c16-9-11-2-1-3-13(8-11)14-10-19-15(18-14)12-4-6-17-7-5-12/h1-8,10H,9,16H2. The number of nitrogens with zero attached hydrogens (tertiary/aromatic N) is 2. The largest absolute Gasteiger partial charge is 0.326 e. The van der Waals surface area contributed by atoms with E-state index in [0.717, 1.165) is 27.4 Å². The number of benzene rings is 1. The molecule has 0 aliphatic rings. The third kappa shape index (κ3) is 2.54. The molecule has 0 spiro atoms. The molecule has 0 amide bonds. The molecule has 2 N–H and O–H groups in total. The lowest BCUT2D eigenvalue weighted by Gasteiger charge is -2.00. The Morgan fingerprint density at radius 3 is 2.68 bits per heavy atom. The van der Waals surface area contributed by atoms with E-state index >= 15 is 0 Å². The first-order valence-corrected chi connectivity index (χ1v) is 6.90. The zero-order chi connectivity index (χ0) is 13.1. The second-order valence-electron chi connectivity index (χ2n) is 4.18. The van der Waals surface area contributed by atoms with Gasteiger partial charge in [0.15, 0.2) is 0 Å². The number of aromatic nitrogens is 2. The molecule has 0 bridgehead atoms. The highest BCUT2D eigenvalue weighted by atomic mass is 32.1. The highest BCUT2D eigenvalue weighted by molar-refractivity contribution is 7.13. The first kappa shape index (κ1) is 12.0. The molecule has 94 valence electrons. The van der Waals surface area contributed by atoms with Crippen molar-refractivity contribution in [2.45, 2.75) is 6.54 Å². The summed E-state index contributed by atoms with van der Waals surface area (Å²) in [5, 5.41) is 3.08. The number of nitrogens with two attached hydrogens (primary N) is 1. The Bertz CT molecular complexity index is 677. The van der Waals surface area contributed by atoms with E-state index in [-0.39, 0.29) is 0 Å². The summed E-state index contributed by atoms with van der Waals surface area (Å²) in [7, 11) is 0. The van der Waals surface area contributed by atoms with Crippen LogP contribution in [0.1, 0.15) is 5.56 Å². The van der Waals surface area contributed by atoms with Crippen molar-refractivity contribution in [1.29, 1.82) is 0 Å². The van der Waals surface area contributed by atoms with Crippen molar-refractivity contribution in [3.63, 3.8) is 0 Å². The average Bonchev–Trinajstić information content (AvgIpc) is 2.98. The van der Waals surface area contributed by atoms with Gasteiger partial charge in [-0.05, 0) is 23.8 Å². The second kappa shape index (κ2) is 5.30. The molecule has 0 saturated carbocycles. The van der Waals surface area contributed by atoms with Crippen LogP contribution in [0.15, 0.2) is 54.2 Å². The number of thiazole rings is 1. The second-order valence-corrected chi connectivity index (χ2v) is 5.04. The lowest BCUT2D eigenvalue weighted by molar-refractivity contribution is 1.07. The van der Waals surface area contributed by atoms with E-state index in [1.165, 1.54) is 0 Å². The minimum atomic E-state index is 0.551. The van der Waals surface area contributed by atoms with Crippen molar-refractivity contribution in [3.8, 4) is 21.8 Å². The molecule has 0 saturated heterocycles. The van der Waals surface area contributed by atoms with Crippen LogP contribution in [0.2, 0.25) is 0 Å². The molecule has 0 aliphatic heterocycles. The van der Waals surface area contributed by atoms with Crippen molar-refractivity contribution in [1.82, 2.24) is 9.97 Å². The van der Waals surface area contributed by atoms with Gasteiger partial charge in [-0.1, -0.05) is 18.2 Å².